The molecule has 3 rings (SSSR count). The van der Waals surface area contributed by atoms with Crippen LogP contribution < -0.4 is 4.74 Å². The highest BCUT2D eigenvalue weighted by Gasteiger charge is 2.24. The number of hydrogen-bond acceptors (Lipinski definition) is 4. The van der Waals surface area contributed by atoms with E-state index in [1.807, 2.05) is 25.1 Å². The van der Waals surface area contributed by atoms with Crippen molar-refractivity contribution in [2.75, 3.05) is 6.61 Å². The van der Waals surface area contributed by atoms with Crippen molar-refractivity contribution in [3.8, 4) is 5.75 Å². The molecule has 1 aromatic carbocycles. The molecule has 0 saturated carbocycles. The standard InChI is InChI=1S/C16H18N2O2/c1-10-14(11(2)19)8-17-16(18-10)13-7-12-5-3-4-6-15(12)20-9-13/h3-6,8,11,13,19H,7,9H2,1-2H3. The lowest BCUT2D eigenvalue weighted by Gasteiger charge is -2.24. The molecule has 1 aromatic heterocycles. The van der Waals surface area contributed by atoms with Gasteiger partial charge in [-0.2, -0.15) is 0 Å². The summed E-state index contributed by atoms with van der Waals surface area (Å²) in [6, 6.07) is 8.08. The molecule has 4 nitrogen and oxygen atoms in total. The molecule has 4 heteroatoms. The van der Waals surface area contributed by atoms with E-state index in [0.717, 1.165) is 29.3 Å². The van der Waals surface area contributed by atoms with Crippen LogP contribution >= 0.6 is 0 Å². The second-order valence-electron chi connectivity index (χ2n) is 5.26. The van der Waals surface area contributed by atoms with E-state index in [1.165, 1.54) is 5.56 Å². The number of ether oxygens (including phenoxy) is 1. The molecule has 2 heterocycles. The highest BCUT2D eigenvalue weighted by Crippen LogP contribution is 2.31. The number of rotatable bonds is 2. The van der Waals surface area contributed by atoms with Gasteiger partial charge in [0.25, 0.3) is 0 Å². The zero-order valence-electron chi connectivity index (χ0n) is 11.7. The van der Waals surface area contributed by atoms with Gasteiger partial charge < -0.3 is 9.84 Å². The van der Waals surface area contributed by atoms with Crippen LogP contribution in [0, 0.1) is 6.92 Å². The Kier molecular flexibility index (Phi) is 3.40. The first-order valence-corrected chi connectivity index (χ1v) is 6.87. The van der Waals surface area contributed by atoms with Crippen molar-refractivity contribution in [1.82, 2.24) is 9.97 Å². The Bertz CT molecular complexity index is 626. The molecule has 0 fully saturated rings. The van der Waals surface area contributed by atoms with Crippen LogP contribution in [0.4, 0.5) is 0 Å². The van der Waals surface area contributed by atoms with Crippen LogP contribution in [-0.2, 0) is 6.42 Å². The summed E-state index contributed by atoms with van der Waals surface area (Å²) >= 11 is 0. The van der Waals surface area contributed by atoms with Crippen molar-refractivity contribution < 1.29 is 9.84 Å². The molecule has 0 spiro atoms. The first kappa shape index (κ1) is 13.1. The van der Waals surface area contributed by atoms with E-state index in [4.69, 9.17) is 4.74 Å². The first-order chi connectivity index (χ1) is 9.65. The van der Waals surface area contributed by atoms with E-state index in [2.05, 4.69) is 16.0 Å². The zero-order chi connectivity index (χ0) is 14.1. The van der Waals surface area contributed by atoms with E-state index in [9.17, 15) is 5.11 Å². The van der Waals surface area contributed by atoms with Gasteiger partial charge in [-0.3, -0.25) is 0 Å². The molecule has 2 unspecified atom stereocenters. The maximum absolute atomic E-state index is 9.63. The van der Waals surface area contributed by atoms with Gasteiger partial charge in [-0.1, -0.05) is 18.2 Å². The number of aryl methyl sites for hydroxylation is 1. The van der Waals surface area contributed by atoms with Gasteiger partial charge in [-0.25, -0.2) is 9.97 Å². The zero-order valence-corrected chi connectivity index (χ0v) is 11.7. The molecule has 104 valence electrons. The molecule has 1 aliphatic rings. The maximum atomic E-state index is 9.63. The van der Waals surface area contributed by atoms with Crippen LogP contribution in [0.25, 0.3) is 0 Å². The lowest BCUT2D eigenvalue weighted by atomic mass is 9.96. The van der Waals surface area contributed by atoms with Gasteiger partial charge in [0.15, 0.2) is 0 Å². The molecule has 2 aromatic rings. The average molecular weight is 270 g/mol. The van der Waals surface area contributed by atoms with Crippen molar-refractivity contribution >= 4 is 0 Å². The third-order valence-electron chi connectivity index (χ3n) is 3.73. The molecular formula is C16H18N2O2. The Morgan fingerprint density at radius 3 is 2.90 bits per heavy atom. The van der Waals surface area contributed by atoms with Crippen molar-refractivity contribution in [2.24, 2.45) is 0 Å². The molecule has 0 saturated heterocycles. The van der Waals surface area contributed by atoms with E-state index in [-0.39, 0.29) is 5.92 Å². The second-order valence-corrected chi connectivity index (χ2v) is 5.26. The van der Waals surface area contributed by atoms with Gasteiger partial charge in [0.05, 0.1) is 18.6 Å². The summed E-state index contributed by atoms with van der Waals surface area (Å²) < 4.78 is 5.78. The monoisotopic (exact) mass is 270 g/mol. The summed E-state index contributed by atoms with van der Waals surface area (Å²) in [6.07, 6.45) is 2.08. The van der Waals surface area contributed by atoms with E-state index in [1.54, 1.807) is 13.1 Å². The number of hydrogen-bond donors (Lipinski definition) is 1. The topological polar surface area (TPSA) is 55.2 Å². The fraction of sp³-hybridized carbons (Fsp3) is 0.375. The van der Waals surface area contributed by atoms with Crippen LogP contribution in [-0.4, -0.2) is 21.7 Å². The molecular weight excluding hydrogens is 252 g/mol. The fourth-order valence-electron chi connectivity index (χ4n) is 2.60. The highest BCUT2D eigenvalue weighted by molar-refractivity contribution is 5.36. The van der Waals surface area contributed by atoms with E-state index >= 15 is 0 Å². The molecule has 1 aliphatic heterocycles. The second kappa shape index (κ2) is 5.21. The smallest absolute Gasteiger partial charge is 0.135 e. The number of aromatic nitrogens is 2. The summed E-state index contributed by atoms with van der Waals surface area (Å²) in [4.78, 5) is 8.95. The van der Waals surface area contributed by atoms with Crippen LogP contribution in [0.3, 0.4) is 0 Å². The molecule has 0 radical (unpaired) electrons. The fourth-order valence-corrected chi connectivity index (χ4v) is 2.60. The van der Waals surface area contributed by atoms with Crippen LogP contribution in [0.1, 0.15) is 41.6 Å². The third-order valence-corrected chi connectivity index (χ3v) is 3.73. The normalized spacial score (nSPS) is 19.1. The largest absolute Gasteiger partial charge is 0.493 e. The molecule has 0 aliphatic carbocycles. The summed E-state index contributed by atoms with van der Waals surface area (Å²) in [5, 5.41) is 9.63. The Labute approximate surface area is 118 Å². The molecule has 2 atom stereocenters. The predicted molar refractivity (Wildman–Crippen MR) is 75.8 cm³/mol. The molecule has 0 bridgehead atoms. The van der Waals surface area contributed by atoms with Gasteiger partial charge in [-0.15, -0.1) is 0 Å². The number of para-hydroxylation sites is 1. The van der Waals surface area contributed by atoms with E-state index in [0.29, 0.717) is 6.61 Å². The lowest BCUT2D eigenvalue weighted by molar-refractivity contribution is 0.197. The Morgan fingerprint density at radius 2 is 2.15 bits per heavy atom. The Hall–Kier alpha value is -1.94. The minimum atomic E-state index is -0.535. The number of fused-ring (bicyclic) bond motifs is 1. The van der Waals surface area contributed by atoms with Crippen LogP contribution in [0.5, 0.6) is 5.75 Å². The number of nitrogens with zero attached hydrogens (tertiary/aromatic N) is 2. The number of benzene rings is 1. The van der Waals surface area contributed by atoms with Crippen molar-refractivity contribution in [3.05, 3.63) is 53.1 Å². The number of aliphatic hydroxyl groups excluding tert-OH is 1. The third kappa shape index (κ3) is 2.39. The minimum absolute atomic E-state index is 0.173. The van der Waals surface area contributed by atoms with Crippen molar-refractivity contribution in [1.29, 1.82) is 0 Å². The van der Waals surface area contributed by atoms with Gasteiger partial charge in [0.1, 0.15) is 11.6 Å². The summed E-state index contributed by atoms with van der Waals surface area (Å²) in [5.41, 5.74) is 2.82. The predicted octanol–water partition coefficient (Wildman–Crippen LogP) is 2.56. The van der Waals surface area contributed by atoms with Crippen molar-refractivity contribution in [2.45, 2.75) is 32.3 Å². The molecule has 20 heavy (non-hydrogen) atoms. The van der Waals surface area contributed by atoms with Crippen LogP contribution in [0.15, 0.2) is 30.5 Å². The average Bonchev–Trinajstić information content (AvgIpc) is 2.46. The van der Waals surface area contributed by atoms with Gasteiger partial charge >= 0.3 is 0 Å². The highest BCUT2D eigenvalue weighted by atomic mass is 16.5. The van der Waals surface area contributed by atoms with Gasteiger partial charge in [-0.05, 0) is 31.9 Å². The minimum Gasteiger partial charge on any atom is -0.493 e. The quantitative estimate of drug-likeness (QED) is 0.911. The SMILES string of the molecule is Cc1nc(C2COc3ccccc3C2)ncc1C(C)O. The number of aliphatic hydroxyl groups is 1. The lowest BCUT2D eigenvalue weighted by Crippen LogP contribution is -2.21. The molecule has 1 N–H and O–H groups in total. The summed E-state index contributed by atoms with van der Waals surface area (Å²) in [5.74, 6) is 1.93. The molecule has 0 amide bonds. The van der Waals surface area contributed by atoms with Gasteiger partial charge in [0, 0.05) is 17.5 Å². The Balaban J connectivity index is 1.86. The summed E-state index contributed by atoms with van der Waals surface area (Å²) in [6.45, 7) is 4.24. The maximum Gasteiger partial charge on any atom is 0.135 e. The summed E-state index contributed by atoms with van der Waals surface area (Å²) in [7, 11) is 0. The van der Waals surface area contributed by atoms with Crippen LogP contribution in [0.2, 0.25) is 0 Å². The first-order valence-electron chi connectivity index (χ1n) is 6.87. The van der Waals surface area contributed by atoms with Gasteiger partial charge in [0.2, 0.25) is 0 Å². The van der Waals surface area contributed by atoms with E-state index < -0.39 is 6.10 Å². The Morgan fingerprint density at radius 1 is 1.35 bits per heavy atom. The van der Waals surface area contributed by atoms with Crippen molar-refractivity contribution in [3.63, 3.8) is 0 Å².